The Hall–Kier alpha value is -0.530. The lowest BCUT2D eigenvalue weighted by atomic mass is 10.2. The first-order chi connectivity index (χ1) is 4.29. The maximum absolute atomic E-state index is 4.85. The first-order valence-electron chi connectivity index (χ1n) is 3.48. The molecular formula is C7H15NO. The van der Waals surface area contributed by atoms with Crippen LogP contribution in [0.15, 0.2) is 5.16 Å². The summed E-state index contributed by atoms with van der Waals surface area (Å²) in [6.45, 7) is 7.99. The second-order valence-electron chi connectivity index (χ2n) is 1.95. The number of oxime groups is 1. The molecule has 0 saturated heterocycles. The summed E-state index contributed by atoms with van der Waals surface area (Å²) < 4.78 is 0. The highest BCUT2D eigenvalue weighted by molar-refractivity contribution is 5.82. The van der Waals surface area contributed by atoms with Gasteiger partial charge < -0.3 is 4.84 Å². The van der Waals surface area contributed by atoms with Crippen LogP contribution in [0.1, 0.15) is 34.1 Å². The Bertz CT molecular complexity index is 99.1. The predicted octanol–water partition coefficient (Wildman–Crippen LogP) is 2.20. The van der Waals surface area contributed by atoms with Gasteiger partial charge in [0.15, 0.2) is 0 Å². The summed E-state index contributed by atoms with van der Waals surface area (Å²) in [5.74, 6) is 0. The summed E-state index contributed by atoms with van der Waals surface area (Å²) in [6, 6.07) is 0. The van der Waals surface area contributed by atoms with E-state index >= 15 is 0 Å². The summed E-state index contributed by atoms with van der Waals surface area (Å²) in [6.07, 6.45) is 1.32. The zero-order valence-corrected chi connectivity index (χ0v) is 6.64. The monoisotopic (exact) mass is 129 g/mol. The fourth-order valence-electron chi connectivity index (χ4n) is 0.670. The van der Waals surface area contributed by atoms with Gasteiger partial charge in [0.05, 0.1) is 5.71 Å². The van der Waals surface area contributed by atoms with Crippen molar-refractivity contribution < 1.29 is 4.84 Å². The third-order valence-corrected chi connectivity index (χ3v) is 0.971. The van der Waals surface area contributed by atoms with Gasteiger partial charge in [0.2, 0.25) is 0 Å². The Morgan fingerprint density at radius 2 is 2.11 bits per heavy atom. The second-order valence-corrected chi connectivity index (χ2v) is 1.95. The molecule has 0 radical (unpaired) electrons. The van der Waals surface area contributed by atoms with Crippen molar-refractivity contribution in [2.45, 2.75) is 40.2 Å². The molecule has 0 spiro atoms. The Morgan fingerprint density at radius 1 is 1.56 bits per heavy atom. The van der Waals surface area contributed by atoms with Crippen LogP contribution in [0.3, 0.4) is 0 Å². The van der Waals surface area contributed by atoms with Gasteiger partial charge in [-0.15, -0.1) is 0 Å². The predicted molar refractivity (Wildman–Crippen MR) is 39.6 cm³/mol. The van der Waals surface area contributed by atoms with Crippen LogP contribution >= 0.6 is 0 Å². The molecular weight excluding hydrogens is 114 g/mol. The van der Waals surface area contributed by atoms with Gasteiger partial charge in [-0.1, -0.05) is 19.0 Å². The molecule has 1 atom stereocenters. The molecule has 1 aliphatic heterocycles. The lowest BCUT2D eigenvalue weighted by Crippen LogP contribution is -1.97. The van der Waals surface area contributed by atoms with Gasteiger partial charge in [-0.2, -0.15) is 0 Å². The van der Waals surface area contributed by atoms with E-state index in [9.17, 15) is 0 Å². The molecule has 0 fully saturated rings. The molecule has 2 heteroatoms. The number of hydrogen-bond donors (Lipinski definition) is 0. The van der Waals surface area contributed by atoms with E-state index < -0.39 is 0 Å². The van der Waals surface area contributed by atoms with Crippen LogP contribution in [-0.2, 0) is 4.84 Å². The number of rotatable bonds is 0. The van der Waals surface area contributed by atoms with Crippen molar-refractivity contribution in [3.05, 3.63) is 0 Å². The summed E-state index contributed by atoms with van der Waals surface area (Å²) in [5, 5.41) is 3.73. The molecule has 0 bridgehead atoms. The van der Waals surface area contributed by atoms with Gasteiger partial charge in [0.25, 0.3) is 0 Å². The Balaban J connectivity index is 0.000000291. The summed E-state index contributed by atoms with van der Waals surface area (Å²) in [5.41, 5.74) is 1.10. The molecule has 2 nitrogen and oxygen atoms in total. The molecule has 0 aromatic carbocycles. The van der Waals surface area contributed by atoms with Crippen LogP contribution in [0.4, 0.5) is 0 Å². The van der Waals surface area contributed by atoms with Crippen molar-refractivity contribution in [2.24, 2.45) is 5.16 Å². The van der Waals surface area contributed by atoms with Crippen molar-refractivity contribution in [3.8, 4) is 0 Å². The average Bonchev–Trinajstić information content (AvgIpc) is 2.20. The van der Waals surface area contributed by atoms with Gasteiger partial charge >= 0.3 is 0 Å². The highest BCUT2D eigenvalue weighted by Crippen LogP contribution is 2.07. The van der Waals surface area contributed by atoms with E-state index in [-0.39, 0.29) is 0 Å². The van der Waals surface area contributed by atoms with Crippen LogP contribution in [0, 0.1) is 0 Å². The topological polar surface area (TPSA) is 21.6 Å². The van der Waals surface area contributed by atoms with E-state index in [4.69, 9.17) is 4.84 Å². The maximum Gasteiger partial charge on any atom is 0.130 e. The standard InChI is InChI=1S/C5H9NO.C2H6/c1-4-3-5(2)7-6-4;1-2/h5H,3H2,1-2H3;1-2H3. The quantitative estimate of drug-likeness (QED) is 0.491. The largest absolute Gasteiger partial charge is 0.392 e. The fraction of sp³-hybridized carbons (Fsp3) is 0.857. The fourth-order valence-corrected chi connectivity index (χ4v) is 0.670. The van der Waals surface area contributed by atoms with Crippen molar-refractivity contribution in [1.29, 1.82) is 0 Å². The third kappa shape index (κ3) is 3.12. The maximum atomic E-state index is 4.85. The van der Waals surface area contributed by atoms with Gasteiger partial charge in [-0.3, -0.25) is 0 Å². The van der Waals surface area contributed by atoms with E-state index in [1.54, 1.807) is 0 Å². The van der Waals surface area contributed by atoms with Crippen LogP contribution < -0.4 is 0 Å². The van der Waals surface area contributed by atoms with Crippen molar-refractivity contribution >= 4 is 5.71 Å². The number of nitrogens with zero attached hydrogens (tertiary/aromatic N) is 1. The van der Waals surface area contributed by atoms with E-state index in [2.05, 4.69) is 5.16 Å². The molecule has 0 aromatic rings. The van der Waals surface area contributed by atoms with Crippen molar-refractivity contribution in [2.75, 3.05) is 0 Å². The highest BCUT2D eigenvalue weighted by Gasteiger charge is 2.10. The molecule has 0 aromatic heterocycles. The van der Waals surface area contributed by atoms with Crippen molar-refractivity contribution in [1.82, 2.24) is 0 Å². The first kappa shape index (κ1) is 8.47. The van der Waals surface area contributed by atoms with E-state index in [1.165, 1.54) is 0 Å². The zero-order valence-electron chi connectivity index (χ0n) is 6.64. The Labute approximate surface area is 56.9 Å². The molecule has 0 aliphatic carbocycles. The van der Waals surface area contributed by atoms with Gasteiger partial charge in [0.1, 0.15) is 6.10 Å². The highest BCUT2D eigenvalue weighted by atomic mass is 16.6. The van der Waals surface area contributed by atoms with Crippen LogP contribution in [0.5, 0.6) is 0 Å². The van der Waals surface area contributed by atoms with E-state index in [1.807, 2.05) is 27.7 Å². The van der Waals surface area contributed by atoms with Crippen LogP contribution in [-0.4, -0.2) is 11.8 Å². The molecule has 0 N–H and O–H groups in total. The van der Waals surface area contributed by atoms with Gasteiger partial charge in [0, 0.05) is 6.42 Å². The minimum Gasteiger partial charge on any atom is -0.392 e. The first-order valence-corrected chi connectivity index (χ1v) is 3.48. The molecule has 1 unspecified atom stereocenters. The smallest absolute Gasteiger partial charge is 0.130 e. The van der Waals surface area contributed by atoms with Crippen LogP contribution in [0.2, 0.25) is 0 Å². The molecule has 1 heterocycles. The van der Waals surface area contributed by atoms with E-state index in [0.29, 0.717) is 6.10 Å². The summed E-state index contributed by atoms with van der Waals surface area (Å²) in [7, 11) is 0. The van der Waals surface area contributed by atoms with Crippen LogP contribution in [0.25, 0.3) is 0 Å². The minimum absolute atomic E-state index is 0.319. The number of hydrogen-bond acceptors (Lipinski definition) is 2. The summed E-state index contributed by atoms with van der Waals surface area (Å²) in [4.78, 5) is 4.85. The molecule has 9 heavy (non-hydrogen) atoms. The second kappa shape index (κ2) is 4.36. The SMILES string of the molecule is CC.CC1=NOC(C)C1. The molecule has 1 rings (SSSR count). The summed E-state index contributed by atoms with van der Waals surface area (Å²) >= 11 is 0. The lowest BCUT2D eigenvalue weighted by molar-refractivity contribution is 0.0995. The average molecular weight is 129 g/mol. The van der Waals surface area contributed by atoms with Gasteiger partial charge in [-0.05, 0) is 13.8 Å². The minimum atomic E-state index is 0.319. The molecule has 54 valence electrons. The molecule has 1 aliphatic rings. The normalized spacial score (nSPS) is 23.6. The molecule has 0 amide bonds. The van der Waals surface area contributed by atoms with Crippen molar-refractivity contribution in [3.63, 3.8) is 0 Å². The Morgan fingerprint density at radius 3 is 2.22 bits per heavy atom. The van der Waals surface area contributed by atoms with E-state index in [0.717, 1.165) is 12.1 Å². The molecule has 0 saturated carbocycles. The lowest BCUT2D eigenvalue weighted by Gasteiger charge is -1.93. The van der Waals surface area contributed by atoms with Gasteiger partial charge in [-0.25, -0.2) is 0 Å². The zero-order chi connectivity index (χ0) is 7.28. The Kier molecular flexibility index (Phi) is 4.10. The third-order valence-electron chi connectivity index (χ3n) is 0.971.